The minimum atomic E-state index is 0.705. The maximum absolute atomic E-state index is 5.79. The van der Waals surface area contributed by atoms with Crippen LogP contribution in [0.15, 0.2) is 18.2 Å². The van der Waals surface area contributed by atoms with Crippen molar-refractivity contribution >= 4 is 0 Å². The van der Waals surface area contributed by atoms with Crippen molar-refractivity contribution in [2.45, 2.75) is 19.3 Å². The Kier molecular flexibility index (Phi) is 5.33. The first-order valence-corrected chi connectivity index (χ1v) is 6.90. The quantitative estimate of drug-likeness (QED) is 0.791. The van der Waals surface area contributed by atoms with Crippen LogP contribution in [0.5, 0.6) is 17.2 Å². The topological polar surface area (TPSA) is 30.9 Å². The van der Waals surface area contributed by atoms with E-state index in [1.54, 1.807) is 14.2 Å². The van der Waals surface area contributed by atoms with Crippen LogP contribution in [0.2, 0.25) is 0 Å². The second kappa shape index (κ2) is 7.24. The van der Waals surface area contributed by atoms with Crippen molar-refractivity contribution in [3.8, 4) is 17.2 Å². The predicted molar refractivity (Wildman–Crippen MR) is 75.3 cm³/mol. The lowest BCUT2D eigenvalue weighted by atomic mass is 10.1. The Bertz CT molecular complexity index is 367. The number of ether oxygens (including phenoxy) is 3. The molecule has 1 fully saturated rings. The second-order valence-corrected chi connectivity index (χ2v) is 4.80. The monoisotopic (exact) mass is 265 g/mol. The van der Waals surface area contributed by atoms with E-state index in [1.807, 2.05) is 18.2 Å². The zero-order chi connectivity index (χ0) is 13.5. The van der Waals surface area contributed by atoms with Gasteiger partial charge < -0.3 is 14.2 Å². The molecule has 0 N–H and O–H groups in total. The van der Waals surface area contributed by atoms with Crippen LogP contribution in [0, 0.1) is 0 Å². The van der Waals surface area contributed by atoms with Crippen LogP contribution in [-0.2, 0) is 0 Å². The third-order valence-electron chi connectivity index (χ3n) is 3.45. The molecule has 0 unspecified atom stereocenters. The molecule has 1 aliphatic heterocycles. The van der Waals surface area contributed by atoms with Gasteiger partial charge in [0.2, 0.25) is 0 Å². The maximum atomic E-state index is 5.79. The maximum Gasteiger partial charge on any atom is 0.126 e. The lowest BCUT2D eigenvalue weighted by molar-refractivity contribution is 0.183. The van der Waals surface area contributed by atoms with Gasteiger partial charge in [-0.05, 0) is 25.9 Å². The summed E-state index contributed by atoms with van der Waals surface area (Å²) in [6, 6.07) is 5.62. The van der Waals surface area contributed by atoms with E-state index in [9.17, 15) is 0 Å². The molecule has 1 aromatic rings. The SMILES string of the molecule is COc1cc(OC)cc(OCCN2CCCCC2)c1. The van der Waals surface area contributed by atoms with Crippen LogP contribution in [0.3, 0.4) is 0 Å². The highest BCUT2D eigenvalue weighted by atomic mass is 16.5. The van der Waals surface area contributed by atoms with E-state index < -0.39 is 0 Å². The molecule has 19 heavy (non-hydrogen) atoms. The first-order valence-electron chi connectivity index (χ1n) is 6.90. The van der Waals surface area contributed by atoms with Gasteiger partial charge in [0, 0.05) is 24.7 Å². The summed E-state index contributed by atoms with van der Waals surface area (Å²) in [5.41, 5.74) is 0. The summed E-state index contributed by atoms with van der Waals surface area (Å²) in [6.07, 6.45) is 3.99. The van der Waals surface area contributed by atoms with Crippen molar-refractivity contribution in [2.24, 2.45) is 0 Å². The van der Waals surface area contributed by atoms with Gasteiger partial charge in [-0.15, -0.1) is 0 Å². The molecule has 1 aromatic carbocycles. The summed E-state index contributed by atoms with van der Waals surface area (Å²) >= 11 is 0. The Morgan fingerprint density at radius 2 is 1.47 bits per heavy atom. The molecule has 106 valence electrons. The average Bonchev–Trinajstić information content (AvgIpc) is 2.48. The number of methoxy groups -OCH3 is 2. The van der Waals surface area contributed by atoms with Crippen molar-refractivity contribution in [2.75, 3.05) is 40.5 Å². The lowest BCUT2D eigenvalue weighted by Gasteiger charge is -2.26. The first-order chi connectivity index (χ1) is 9.31. The number of piperidine rings is 1. The molecule has 4 nitrogen and oxygen atoms in total. The summed E-state index contributed by atoms with van der Waals surface area (Å²) in [6.45, 7) is 4.09. The van der Waals surface area contributed by atoms with Gasteiger partial charge in [0.1, 0.15) is 23.9 Å². The van der Waals surface area contributed by atoms with Gasteiger partial charge in [-0.25, -0.2) is 0 Å². The highest BCUT2D eigenvalue weighted by Crippen LogP contribution is 2.27. The Morgan fingerprint density at radius 1 is 0.895 bits per heavy atom. The van der Waals surface area contributed by atoms with Gasteiger partial charge in [-0.2, -0.15) is 0 Å². The predicted octanol–water partition coefficient (Wildman–Crippen LogP) is 2.57. The largest absolute Gasteiger partial charge is 0.496 e. The summed E-state index contributed by atoms with van der Waals surface area (Å²) in [4.78, 5) is 2.46. The highest BCUT2D eigenvalue weighted by molar-refractivity contribution is 5.41. The van der Waals surface area contributed by atoms with E-state index in [4.69, 9.17) is 14.2 Å². The molecule has 0 aromatic heterocycles. The third kappa shape index (κ3) is 4.31. The molecule has 0 atom stereocenters. The van der Waals surface area contributed by atoms with E-state index >= 15 is 0 Å². The molecular formula is C15H23NO3. The van der Waals surface area contributed by atoms with Crippen molar-refractivity contribution < 1.29 is 14.2 Å². The summed E-state index contributed by atoms with van der Waals surface area (Å²) in [7, 11) is 3.29. The van der Waals surface area contributed by atoms with Crippen LogP contribution in [0.25, 0.3) is 0 Å². The van der Waals surface area contributed by atoms with Gasteiger partial charge >= 0.3 is 0 Å². The zero-order valence-corrected chi connectivity index (χ0v) is 11.9. The fourth-order valence-electron chi connectivity index (χ4n) is 2.34. The van der Waals surface area contributed by atoms with Crippen LogP contribution in [0.4, 0.5) is 0 Å². The normalized spacial score (nSPS) is 16.1. The van der Waals surface area contributed by atoms with Crippen molar-refractivity contribution in [3.05, 3.63) is 18.2 Å². The zero-order valence-electron chi connectivity index (χ0n) is 11.9. The smallest absolute Gasteiger partial charge is 0.126 e. The minimum Gasteiger partial charge on any atom is -0.496 e. The number of benzene rings is 1. The van der Waals surface area contributed by atoms with Crippen molar-refractivity contribution in [1.29, 1.82) is 0 Å². The molecule has 0 spiro atoms. The number of nitrogens with zero attached hydrogens (tertiary/aromatic N) is 1. The van der Waals surface area contributed by atoms with Crippen molar-refractivity contribution in [1.82, 2.24) is 4.90 Å². The molecule has 0 amide bonds. The molecule has 0 radical (unpaired) electrons. The standard InChI is InChI=1S/C15H23NO3/c1-17-13-10-14(18-2)12-15(11-13)19-9-8-16-6-4-3-5-7-16/h10-12H,3-9H2,1-2H3. The van der Waals surface area contributed by atoms with Gasteiger partial charge in [-0.3, -0.25) is 4.90 Å². The molecule has 4 heteroatoms. The summed E-state index contributed by atoms with van der Waals surface area (Å²) in [5.74, 6) is 2.31. The van der Waals surface area contributed by atoms with Gasteiger partial charge in [-0.1, -0.05) is 6.42 Å². The van der Waals surface area contributed by atoms with Crippen LogP contribution < -0.4 is 14.2 Å². The molecule has 1 heterocycles. The molecule has 0 bridgehead atoms. The molecule has 0 saturated carbocycles. The lowest BCUT2D eigenvalue weighted by Crippen LogP contribution is -2.33. The van der Waals surface area contributed by atoms with Crippen LogP contribution >= 0.6 is 0 Å². The van der Waals surface area contributed by atoms with Crippen molar-refractivity contribution in [3.63, 3.8) is 0 Å². The van der Waals surface area contributed by atoms with Crippen LogP contribution in [0.1, 0.15) is 19.3 Å². The van der Waals surface area contributed by atoms with E-state index in [2.05, 4.69) is 4.90 Å². The Labute approximate surface area is 115 Å². The van der Waals surface area contributed by atoms with Gasteiger partial charge in [0.15, 0.2) is 0 Å². The number of rotatable bonds is 6. The van der Waals surface area contributed by atoms with Crippen LogP contribution in [-0.4, -0.2) is 45.4 Å². The van der Waals surface area contributed by atoms with E-state index in [-0.39, 0.29) is 0 Å². The summed E-state index contributed by atoms with van der Waals surface area (Å²) < 4.78 is 16.2. The molecule has 1 aliphatic rings. The van der Waals surface area contributed by atoms with E-state index in [0.717, 1.165) is 23.8 Å². The fraction of sp³-hybridized carbons (Fsp3) is 0.600. The Balaban J connectivity index is 1.84. The molecule has 2 rings (SSSR count). The molecule has 1 saturated heterocycles. The Morgan fingerprint density at radius 3 is 2.05 bits per heavy atom. The minimum absolute atomic E-state index is 0.705. The highest BCUT2D eigenvalue weighted by Gasteiger charge is 2.10. The Hall–Kier alpha value is -1.42. The fourth-order valence-corrected chi connectivity index (χ4v) is 2.34. The average molecular weight is 265 g/mol. The van der Waals surface area contributed by atoms with E-state index in [1.165, 1.54) is 32.4 Å². The number of hydrogen-bond donors (Lipinski definition) is 0. The van der Waals surface area contributed by atoms with E-state index in [0.29, 0.717) is 6.61 Å². The molecular weight excluding hydrogens is 242 g/mol. The number of likely N-dealkylation sites (tertiary alicyclic amines) is 1. The number of hydrogen-bond acceptors (Lipinski definition) is 4. The first kappa shape index (κ1) is 14.0. The molecule has 0 aliphatic carbocycles. The van der Waals surface area contributed by atoms with Gasteiger partial charge in [0.05, 0.1) is 14.2 Å². The summed E-state index contributed by atoms with van der Waals surface area (Å²) in [5, 5.41) is 0. The van der Waals surface area contributed by atoms with Gasteiger partial charge in [0.25, 0.3) is 0 Å². The second-order valence-electron chi connectivity index (χ2n) is 4.80. The third-order valence-corrected chi connectivity index (χ3v) is 3.45.